The highest BCUT2D eigenvalue weighted by Gasteiger charge is 2.47. The van der Waals surface area contributed by atoms with Crippen molar-refractivity contribution in [3.63, 3.8) is 0 Å². The highest BCUT2D eigenvalue weighted by molar-refractivity contribution is 7.89. The molecule has 2 aliphatic rings. The lowest BCUT2D eigenvalue weighted by atomic mass is 9.77. The predicted octanol–water partition coefficient (Wildman–Crippen LogP) is 7.45. The third kappa shape index (κ3) is 5.73. The number of hydrogen-bond acceptors (Lipinski definition) is 3. The van der Waals surface area contributed by atoms with Crippen molar-refractivity contribution in [1.82, 2.24) is 4.31 Å². The molecule has 1 saturated heterocycles. The first kappa shape index (κ1) is 28.0. The zero-order chi connectivity index (χ0) is 27.0. The summed E-state index contributed by atoms with van der Waals surface area (Å²) in [6, 6.07) is 17.6. The van der Waals surface area contributed by atoms with E-state index in [1.54, 1.807) is 16.4 Å². The van der Waals surface area contributed by atoms with Crippen molar-refractivity contribution in [1.29, 1.82) is 0 Å². The van der Waals surface area contributed by atoms with Crippen LogP contribution in [0, 0.1) is 18.8 Å². The average Bonchev–Trinajstić information content (AvgIpc) is 3.16. The highest BCUT2D eigenvalue weighted by atomic mass is 32.2. The molecule has 0 unspecified atom stereocenters. The molecule has 1 aliphatic carbocycles. The summed E-state index contributed by atoms with van der Waals surface area (Å²) in [5.41, 5.74) is 4.74. The fourth-order valence-electron chi connectivity index (χ4n) is 5.41. The van der Waals surface area contributed by atoms with Crippen molar-refractivity contribution in [3.05, 3.63) is 83.4 Å². The van der Waals surface area contributed by atoms with E-state index in [0.717, 1.165) is 18.4 Å². The minimum Gasteiger partial charge on any atom is -0.417 e. The zero-order valence-electron chi connectivity index (χ0n) is 23.5. The van der Waals surface area contributed by atoms with Crippen LogP contribution in [0.1, 0.15) is 51.7 Å². The summed E-state index contributed by atoms with van der Waals surface area (Å²) in [5, 5.41) is 0.125. The molecule has 3 atom stereocenters. The van der Waals surface area contributed by atoms with Crippen LogP contribution >= 0.6 is 0 Å². The van der Waals surface area contributed by atoms with E-state index < -0.39 is 18.3 Å². The smallest absolute Gasteiger partial charge is 0.243 e. The van der Waals surface area contributed by atoms with Crippen molar-refractivity contribution in [2.45, 2.75) is 76.5 Å². The lowest BCUT2D eigenvalue weighted by Crippen LogP contribution is -2.44. The molecule has 0 aromatic heterocycles. The van der Waals surface area contributed by atoms with E-state index in [-0.39, 0.29) is 22.9 Å². The lowest BCUT2D eigenvalue weighted by molar-refractivity contribution is 0.176. The van der Waals surface area contributed by atoms with Crippen LogP contribution < -0.4 is 0 Å². The van der Waals surface area contributed by atoms with Gasteiger partial charge < -0.3 is 4.43 Å². The Balaban J connectivity index is 1.78. The molecule has 0 N–H and O–H groups in total. The Morgan fingerprint density at radius 2 is 1.65 bits per heavy atom. The highest BCUT2D eigenvalue weighted by Crippen LogP contribution is 2.46. The van der Waals surface area contributed by atoms with Crippen LogP contribution in [0.25, 0.3) is 5.57 Å². The van der Waals surface area contributed by atoms with Crippen LogP contribution in [0.2, 0.25) is 18.1 Å². The zero-order valence-corrected chi connectivity index (χ0v) is 25.3. The van der Waals surface area contributed by atoms with Crippen LogP contribution in [-0.4, -0.2) is 40.2 Å². The summed E-state index contributed by atoms with van der Waals surface area (Å²) in [6.45, 7) is 16.5. The van der Waals surface area contributed by atoms with Crippen molar-refractivity contribution < 1.29 is 12.8 Å². The Morgan fingerprint density at radius 1 is 1.00 bits per heavy atom. The molecular formula is C31H43NO3SSi. The molecule has 1 aliphatic heterocycles. The largest absolute Gasteiger partial charge is 0.417 e. The van der Waals surface area contributed by atoms with E-state index in [1.165, 1.54) is 16.7 Å². The molecule has 0 bridgehead atoms. The topological polar surface area (TPSA) is 46.6 Å². The van der Waals surface area contributed by atoms with Gasteiger partial charge in [0.25, 0.3) is 0 Å². The van der Waals surface area contributed by atoms with Crippen LogP contribution in [0.3, 0.4) is 0 Å². The summed E-state index contributed by atoms with van der Waals surface area (Å²) in [4.78, 5) is 0.369. The Morgan fingerprint density at radius 3 is 2.27 bits per heavy atom. The van der Waals surface area contributed by atoms with Gasteiger partial charge in [0, 0.05) is 25.1 Å². The number of allylic oxidation sites excluding steroid dienone is 3. The molecule has 2 aromatic rings. The Bertz CT molecular complexity index is 1260. The fraction of sp³-hybridized carbons (Fsp3) is 0.484. The summed E-state index contributed by atoms with van der Waals surface area (Å²) < 4.78 is 36.4. The maximum atomic E-state index is 13.9. The SMILES string of the molecule is Cc1ccc(S(=O)(=O)N2C/C3=C(\c4ccccc4)C/C=C\C[C@@H](CO[Si](C)(C)C(C)(C)C)[C@@H]3[C@H]2C)cc1. The average molecular weight is 538 g/mol. The van der Waals surface area contributed by atoms with E-state index >= 15 is 0 Å². The molecule has 0 spiro atoms. The van der Waals surface area contributed by atoms with Crippen LogP contribution in [0.5, 0.6) is 0 Å². The molecule has 0 amide bonds. The standard InChI is InChI=1S/C31H43NO3SSi/c1-23-17-19-27(20-18-23)36(33,34)32-21-29-28(25-13-9-8-10-14-25)16-12-11-15-26(30(29)24(32)2)22-35-37(6,7)31(3,4)5/h8-14,17-20,24,26,30H,15-16,21-22H2,1-7H3/b12-11-,29-28+/t24-,26+,30+/m1/s1. The summed E-state index contributed by atoms with van der Waals surface area (Å²) >= 11 is 0. The maximum Gasteiger partial charge on any atom is 0.243 e. The van der Waals surface area contributed by atoms with Gasteiger partial charge in [0.15, 0.2) is 8.32 Å². The van der Waals surface area contributed by atoms with Gasteiger partial charge in [0.1, 0.15) is 0 Å². The van der Waals surface area contributed by atoms with Gasteiger partial charge in [-0.1, -0.05) is 81.0 Å². The Kier molecular flexibility index (Phi) is 8.06. The Hall–Kier alpha value is -1.99. The quantitative estimate of drug-likeness (QED) is 0.284. The number of benzene rings is 2. The second-order valence-corrected chi connectivity index (χ2v) is 18.9. The first-order valence-corrected chi connectivity index (χ1v) is 17.8. The third-order valence-electron chi connectivity index (χ3n) is 8.74. The first-order chi connectivity index (χ1) is 17.3. The van der Waals surface area contributed by atoms with Crippen molar-refractivity contribution >= 4 is 23.9 Å². The minimum atomic E-state index is -3.64. The molecule has 37 heavy (non-hydrogen) atoms. The molecule has 2 aromatic carbocycles. The summed E-state index contributed by atoms with van der Waals surface area (Å²) in [5.74, 6) is 0.317. The number of nitrogens with zero attached hydrogens (tertiary/aromatic N) is 1. The second-order valence-electron chi connectivity index (χ2n) is 12.2. The van der Waals surface area contributed by atoms with Crippen LogP contribution in [0.4, 0.5) is 0 Å². The van der Waals surface area contributed by atoms with Crippen LogP contribution in [-0.2, 0) is 14.4 Å². The maximum absolute atomic E-state index is 13.9. The fourth-order valence-corrected chi connectivity index (χ4v) is 8.10. The van der Waals surface area contributed by atoms with Gasteiger partial charge in [-0.15, -0.1) is 0 Å². The first-order valence-electron chi connectivity index (χ1n) is 13.5. The van der Waals surface area contributed by atoms with Gasteiger partial charge >= 0.3 is 0 Å². The molecule has 0 saturated carbocycles. The monoisotopic (exact) mass is 537 g/mol. The second kappa shape index (κ2) is 10.6. The van der Waals surface area contributed by atoms with Crippen LogP contribution in [0.15, 0.2) is 77.2 Å². The molecule has 6 heteroatoms. The summed E-state index contributed by atoms with van der Waals surface area (Å²) in [7, 11) is -5.58. The van der Waals surface area contributed by atoms with Gasteiger partial charge in [-0.05, 0) is 79.6 Å². The predicted molar refractivity (Wildman–Crippen MR) is 156 cm³/mol. The van der Waals surface area contributed by atoms with Gasteiger partial charge in [-0.25, -0.2) is 8.42 Å². The van der Waals surface area contributed by atoms with E-state index in [0.29, 0.717) is 18.0 Å². The normalized spacial score (nSPS) is 26.4. The van der Waals surface area contributed by atoms with Gasteiger partial charge in [-0.2, -0.15) is 4.31 Å². The molecule has 4 nitrogen and oxygen atoms in total. The number of hydrogen-bond donors (Lipinski definition) is 0. The molecule has 1 heterocycles. The molecule has 1 fully saturated rings. The van der Waals surface area contributed by atoms with E-state index in [4.69, 9.17) is 4.43 Å². The van der Waals surface area contributed by atoms with Crippen molar-refractivity contribution in [2.75, 3.05) is 13.2 Å². The number of aryl methyl sites for hydroxylation is 1. The van der Waals surface area contributed by atoms with Crippen molar-refractivity contribution in [2.24, 2.45) is 11.8 Å². The van der Waals surface area contributed by atoms with E-state index in [9.17, 15) is 8.42 Å². The molecule has 4 rings (SSSR count). The molecule has 200 valence electrons. The Labute approximate surface area is 225 Å². The molecule has 0 radical (unpaired) electrons. The number of rotatable bonds is 6. The van der Waals surface area contributed by atoms with Crippen molar-refractivity contribution in [3.8, 4) is 0 Å². The van der Waals surface area contributed by atoms with E-state index in [2.05, 4.69) is 77.2 Å². The van der Waals surface area contributed by atoms with Gasteiger partial charge in [0.05, 0.1) is 4.90 Å². The van der Waals surface area contributed by atoms with Gasteiger partial charge in [-0.3, -0.25) is 0 Å². The molecular weight excluding hydrogens is 494 g/mol. The van der Waals surface area contributed by atoms with Gasteiger partial charge in [0.2, 0.25) is 10.0 Å². The minimum absolute atomic E-state index is 0.102. The van der Waals surface area contributed by atoms with E-state index in [1.807, 2.05) is 25.1 Å². The third-order valence-corrected chi connectivity index (χ3v) is 15.2. The lowest BCUT2D eigenvalue weighted by Gasteiger charge is -2.39. The number of sulfonamides is 1. The number of fused-ring (bicyclic) bond motifs is 1. The summed E-state index contributed by atoms with van der Waals surface area (Å²) in [6.07, 6.45) is 6.25.